The molecule has 6 aromatic rings. The van der Waals surface area contributed by atoms with E-state index < -0.39 is 7.75 Å². The van der Waals surface area contributed by atoms with Crippen molar-refractivity contribution in [2.24, 2.45) is 0 Å². The van der Waals surface area contributed by atoms with Gasteiger partial charge in [0.05, 0.1) is 0 Å². The van der Waals surface area contributed by atoms with Crippen molar-refractivity contribution in [3.8, 4) is 22.6 Å². The fourth-order valence-corrected chi connectivity index (χ4v) is 8.20. The third-order valence-corrected chi connectivity index (χ3v) is 10.2. The minimum atomic E-state index is -4.00. The van der Waals surface area contributed by atoms with E-state index in [4.69, 9.17) is 9.05 Å². The van der Waals surface area contributed by atoms with Crippen LogP contribution in [0.4, 0.5) is 0 Å². The van der Waals surface area contributed by atoms with E-state index in [0.717, 1.165) is 43.8 Å². The molecular weight excluding hydrogens is 525 g/mol. The molecule has 2 atom stereocenters. The first-order chi connectivity index (χ1) is 20.0. The van der Waals surface area contributed by atoms with Crippen LogP contribution in [0.5, 0.6) is 11.5 Å². The van der Waals surface area contributed by atoms with Crippen LogP contribution in [-0.4, -0.2) is 4.67 Å². The minimum Gasteiger partial charge on any atom is -0.404 e. The first kappa shape index (κ1) is 25.6. The molecule has 0 bridgehead atoms. The molecule has 202 valence electrons. The molecule has 4 nitrogen and oxygen atoms in total. The van der Waals surface area contributed by atoms with Crippen molar-refractivity contribution in [1.29, 1.82) is 0 Å². The first-order valence-corrected chi connectivity index (χ1v) is 15.4. The Morgan fingerprint density at radius 2 is 0.902 bits per heavy atom. The molecule has 0 radical (unpaired) electrons. The van der Waals surface area contributed by atoms with E-state index in [-0.39, 0.29) is 12.1 Å². The van der Waals surface area contributed by atoms with Crippen molar-refractivity contribution in [1.82, 2.24) is 4.67 Å². The highest BCUT2D eigenvalue weighted by Gasteiger charge is 2.47. The summed E-state index contributed by atoms with van der Waals surface area (Å²) in [7, 11) is -4.00. The Labute approximate surface area is 240 Å². The SMILES string of the molecule is C[C@H](c1ccccc1)N([C@H](C)c1ccccc1)P1(=O)Oc2ccc3ccccc3c2-c2c(ccc3ccccc23)O1. The van der Waals surface area contributed by atoms with Crippen LogP contribution in [-0.2, 0) is 4.57 Å². The van der Waals surface area contributed by atoms with Gasteiger partial charge in [-0.2, -0.15) is 4.67 Å². The molecule has 1 heterocycles. The highest BCUT2D eigenvalue weighted by atomic mass is 31.2. The van der Waals surface area contributed by atoms with Gasteiger partial charge in [-0.1, -0.05) is 121 Å². The van der Waals surface area contributed by atoms with Gasteiger partial charge >= 0.3 is 7.75 Å². The molecule has 0 unspecified atom stereocenters. The van der Waals surface area contributed by atoms with Crippen LogP contribution in [0.25, 0.3) is 32.7 Å². The number of hydrogen-bond acceptors (Lipinski definition) is 3. The zero-order valence-corrected chi connectivity index (χ0v) is 23.9. The third kappa shape index (κ3) is 4.41. The quantitative estimate of drug-likeness (QED) is 0.198. The van der Waals surface area contributed by atoms with Crippen LogP contribution < -0.4 is 9.05 Å². The normalized spacial score (nSPS) is 15.3. The Kier molecular flexibility index (Phi) is 6.38. The van der Waals surface area contributed by atoms with Gasteiger partial charge in [-0.05, 0) is 58.7 Å². The van der Waals surface area contributed by atoms with E-state index >= 15 is 4.57 Å². The largest absolute Gasteiger partial charge is 0.516 e. The van der Waals surface area contributed by atoms with Crippen LogP contribution in [0, 0.1) is 0 Å². The zero-order chi connectivity index (χ0) is 28.0. The van der Waals surface area contributed by atoms with Crippen molar-refractivity contribution in [2.75, 3.05) is 0 Å². The maximum absolute atomic E-state index is 15.5. The average molecular weight is 556 g/mol. The Hall–Kier alpha value is -4.37. The van der Waals surface area contributed by atoms with E-state index in [2.05, 4.69) is 62.4 Å². The summed E-state index contributed by atoms with van der Waals surface area (Å²) in [6.45, 7) is 4.13. The molecule has 7 rings (SSSR count). The van der Waals surface area contributed by atoms with Crippen molar-refractivity contribution in [3.05, 3.63) is 145 Å². The lowest BCUT2D eigenvalue weighted by molar-refractivity contribution is 0.209. The second-order valence-electron chi connectivity index (χ2n) is 10.5. The van der Waals surface area contributed by atoms with Gasteiger partial charge in [0.25, 0.3) is 0 Å². The molecule has 0 saturated heterocycles. The molecule has 0 aromatic heterocycles. The van der Waals surface area contributed by atoms with Crippen LogP contribution >= 0.6 is 7.75 Å². The van der Waals surface area contributed by atoms with Gasteiger partial charge < -0.3 is 9.05 Å². The van der Waals surface area contributed by atoms with Crippen molar-refractivity contribution < 1.29 is 13.6 Å². The first-order valence-electron chi connectivity index (χ1n) is 14.0. The van der Waals surface area contributed by atoms with E-state index in [9.17, 15) is 0 Å². The molecule has 1 aliphatic heterocycles. The standard InChI is InChI=1S/C36H30NO3P/c1-25(27-13-5-3-6-14-27)37(26(2)28-15-7-4-8-16-28)41(38)39-33-23-21-29-17-9-11-19-31(29)35(33)36-32-20-12-10-18-30(32)22-24-34(36)40-41/h3-26H,1-2H3/t25-,26-/m1/s1. The lowest BCUT2D eigenvalue weighted by Crippen LogP contribution is -2.31. The molecule has 5 heteroatoms. The Morgan fingerprint density at radius 3 is 1.34 bits per heavy atom. The number of nitrogens with zero attached hydrogens (tertiary/aromatic N) is 1. The lowest BCUT2D eigenvalue weighted by Gasteiger charge is -2.38. The summed E-state index contributed by atoms with van der Waals surface area (Å²) in [6, 6.07) is 44.1. The molecule has 0 fully saturated rings. The number of hydrogen-bond donors (Lipinski definition) is 0. The van der Waals surface area contributed by atoms with E-state index in [0.29, 0.717) is 11.5 Å². The Morgan fingerprint density at radius 1 is 0.512 bits per heavy atom. The maximum Gasteiger partial charge on any atom is 0.516 e. The summed E-state index contributed by atoms with van der Waals surface area (Å²) in [5.74, 6) is 1.10. The van der Waals surface area contributed by atoms with Gasteiger partial charge in [0, 0.05) is 23.2 Å². The Bertz CT molecular complexity index is 1790. The predicted octanol–water partition coefficient (Wildman–Crippen LogP) is 10.4. The maximum atomic E-state index is 15.5. The van der Waals surface area contributed by atoms with Crippen LogP contribution in [0.1, 0.15) is 37.1 Å². The van der Waals surface area contributed by atoms with E-state index in [1.165, 1.54) is 0 Å². The number of benzene rings is 6. The summed E-state index contributed by atoms with van der Waals surface area (Å²) in [5, 5.41) is 4.21. The summed E-state index contributed by atoms with van der Waals surface area (Å²) in [6.07, 6.45) is 0. The number of rotatable bonds is 5. The van der Waals surface area contributed by atoms with Gasteiger partial charge in [0.1, 0.15) is 11.5 Å². The molecule has 41 heavy (non-hydrogen) atoms. The van der Waals surface area contributed by atoms with E-state index in [1.54, 1.807) is 0 Å². The Balaban J connectivity index is 1.50. The van der Waals surface area contributed by atoms with Gasteiger partial charge in [-0.3, -0.25) is 0 Å². The highest BCUT2D eigenvalue weighted by Crippen LogP contribution is 2.64. The zero-order valence-electron chi connectivity index (χ0n) is 23.0. The molecule has 0 N–H and O–H groups in total. The van der Waals surface area contributed by atoms with Crippen molar-refractivity contribution in [3.63, 3.8) is 0 Å². The van der Waals surface area contributed by atoms with Crippen molar-refractivity contribution >= 4 is 29.3 Å². The van der Waals surface area contributed by atoms with Gasteiger partial charge in [-0.15, -0.1) is 0 Å². The van der Waals surface area contributed by atoms with Crippen LogP contribution in [0.15, 0.2) is 133 Å². The monoisotopic (exact) mass is 555 g/mol. The second-order valence-corrected chi connectivity index (χ2v) is 12.3. The minimum absolute atomic E-state index is 0.275. The van der Waals surface area contributed by atoms with Crippen LogP contribution in [0.2, 0.25) is 0 Å². The second kappa shape index (κ2) is 10.2. The van der Waals surface area contributed by atoms with Crippen LogP contribution in [0.3, 0.4) is 0 Å². The number of fused-ring (bicyclic) bond motifs is 7. The fraction of sp³-hybridized carbons (Fsp3) is 0.111. The smallest absolute Gasteiger partial charge is 0.404 e. The third-order valence-electron chi connectivity index (χ3n) is 8.10. The molecule has 0 amide bonds. The average Bonchev–Trinajstić information content (AvgIpc) is 3.15. The lowest BCUT2D eigenvalue weighted by atomic mass is 9.92. The van der Waals surface area contributed by atoms with Gasteiger partial charge in [0.2, 0.25) is 0 Å². The molecule has 6 aromatic carbocycles. The summed E-state index contributed by atoms with van der Waals surface area (Å²) < 4.78 is 30.8. The molecule has 1 aliphatic rings. The predicted molar refractivity (Wildman–Crippen MR) is 167 cm³/mol. The summed E-state index contributed by atoms with van der Waals surface area (Å²) in [5.41, 5.74) is 3.85. The van der Waals surface area contributed by atoms with Gasteiger partial charge in [-0.25, -0.2) is 4.57 Å². The molecule has 0 spiro atoms. The topological polar surface area (TPSA) is 38.8 Å². The fourth-order valence-electron chi connectivity index (χ4n) is 6.06. The van der Waals surface area contributed by atoms with E-state index in [1.807, 2.05) is 89.6 Å². The summed E-state index contributed by atoms with van der Waals surface area (Å²) in [4.78, 5) is 0. The van der Waals surface area contributed by atoms with Gasteiger partial charge in [0.15, 0.2) is 0 Å². The molecule has 0 aliphatic carbocycles. The summed E-state index contributed by atoms with van der Waals surface area (Å²) >= 11 is 0. The molecular formula is C36H30NO3P. The molecule has 0 saturated carbocycles. The highest BCUT2D eigenvalue weighted by molar-refractivity contribution is 7.52. The van der Waals surface area contributed by atoms with Crippen molar-refractivity contribution in [2.45, 2.75) is 25.9 Å².